The first-order valence-electron chi connectivity index (χ1n) is 6.62. The third-order valence-corrected chi connectivity index (χ3v) is 3.36. The van der Waals surface area contributed by atoms with E-state index in [1.807, 2.05) is 25.1 Å². The normalized spacial score (nSPS) is 15.5. The van der Waals surface area contributed by atoms with Gasteiger partial charge in [-0.25, -0.2) is 0 Å². The second-order valence-corrected chi connectivity index (χ2v) is 5.06. The summed E-state index contributed by atoms with van der Waals surface area (Å²) in [4.78, 5) is 27.3. The Morgan fingerprint density at radius 3 is 2.75 bits per heavy atom. The highest BCUT2D eigenvalue weighted by atomic mass is 16.2. The highest BCUT2D eigenvalue weighted by molar-refractivity contribution is 5.96. The van der Waals surface area contributed by atoms with Crippen LogP contribution in [0.3, 0.4) is 0 Å². The van der Waals surface area contributed by atoms with Crippen molar-refractivity contribution in [2.45, 2.75) is 6.42 Å². The number of rotatable bonds is 2. The lowest BCUT2D eigenvalue weighted by molar-refractivity contribution is -0.120. The van der Waals surface area contributed by atoms with Gasteiger partial charge in [0.1, 0.15) is 0 Å². The van der Waals surface area contributed by atoms with E-state index in [-0.39, 0.29) is 11.8 Å². The number of nitrogen functional groups attached to an aromatic ring is 1. The molecule has 3 N–H and O–H groups in total. The fourth-order valence-electron chi connectivity index (χ4n) is 2.25. The molecule has 1 aromatic rings. The lowest BCUT2D eigenvalue weighted by Gasteiger charge is -2.21. The molecule has 0 saturated carbocycles. The highest BCUT2D eigenvalue weighted by Crippen LogP contribution is 2.23. The minimum Gasteiger partial charge on any atom is -0.397 e. The van der Waals surface area contributed by atoms with Crippen molar-refractivity contribution in [1.82, 2.24) is 10.2 Å². The van der Waals surface area contributed by atoms with Crippen LogP contribution >= 0.6 is 0 Å². The van der Waals surface area contributed by atoms with Crippen LogP contribution in [0.25, 0.3) is 0 Å². The molecule has 2 rings (SSSR count). The quantitative estimate of drug-likeness (QED) is 0.761. The molecule has 6 heteroatoms. The highest BCUT2D eigenvalue weighted by Gasteiger charge is 2.20. The summed E-state index contributed by atoms with van der Waals surface area (Å²) in [7, 11) is 3.80. The van der Waals surface area contributed by atoms with Crippen molar-refractivity contribution in [1.29, 1.82) is 0 Å². The molecule has 1 saturated heterocycles. The number of hydrogen-bond donors (Lipinski definition) is 2. The molecule has 20 heavy (non-hydrogen) atoms. The first-order valence-corrected chi connectivity index (χ1v) is 6.62. The van der Waals surface area contributed by atoms with Gasteiger partial charge in [-0.05, 0) is 18.2 Å². The number of amides is 2. The lowest BCUT2D eigenvalue weighted by Crippen LogP contribution is -2.34. The van der Waals surface area contributed by atoms with Crippen LogP contribution in [0.2, 0.25) is 0 Å². The number of hydrogen-bond acceptors (Lipinski definition) is 4. The topological polar surface area (TPSA) is 78.7 Å². The van der Waals surface area contributed by atoms with E-state index in [1.54, 1.807) is 17.0 Å². The molecule has 0 spiro atoms. The number of benzene rings is 1. The minimum atomic E-state index is -0.0847. The molecule has 6 nitrogen and oxygen atoms in total. The number of carbonyl (C=O) groups excluding carboxylic acids is 2. The zero-order valence-corrected chi connectivity index (χ0v) is 11.8. The summed E-state index contributed by atoms with van der Waals surface area (Å²) in [5, 5.41) is 2.75. The van der Waals surface area contributed by atoms with E-state index in [0.29, 0.717) is 37.3 Å². The Morgan fingerprint density at radius 2 is 2.10 bits per heavy atom. The van der Waals surface area contributed by atoms with E-state index in [2.05, 4.69) is 5.32 Å². The smallest absolute Gasteiger partial charge is 0.254 e. The van der Waals surface area contributed by atoms with E-state index < -0.39 is 0 Å². The van der Waals surface area contributed by atoms with Gasteiger partial charge in [0, 0.05) is 45.7 Å². The first kappa shape index (κ1) is 14.2. The Labute approximate surface area is 118 Å². The van der Waals surface area contributed by atoms with Crippen molar-refractivity contribution >= 4 is 23.2 Å². The summed E-state index contributed by atoms with van der Waals surface area (Å²) < 4.78 is 0. The Hall–Kier alpha value is -2.24. The van der Waals surface area contributed by atoms with E-state index >= 15 is 0 Å². The Bertz CT molecular complexity index is 528. The van der Waals surface area contributed by atoms with Gasteiger partial charge in [-0.2, -0.15) is 0 Å². The van der Waals surface area contributed by atoms with E-state index in [4.69, 9.17) is 5.73 Å². The average Bonchev–Trinajstić information content (AvgIpc) is 2.62. The largest absolute Gasteiger partial charge is 0.397 e. The van der Waals surface area contributed by atoms with Crippen LogP contribution in [0.15, 0.2) is 18.2 Å². The zero-order valence-electron chi connectivity index (χ0n) is 11.8. The Kier molecular flexibility index (Phi) is 4.12. The molecule has 1 fully saturated rings. The van der Waals surface area contributed by atoms with Crippen LogP contribution in [0, 0.1) is 0 Å². The molecule has 0 radical (unpaired) electrons. The van der Waals surface area contributed by atoms with Crippen LogP contribution in [0.1, 0.15) is 16.8 Å². The van der Waals surface area contributed by atoms with Crippen LogP contribution in [0.4, 0.5) is 11.4 Å². The molecule has 1 heterocycles. The zero-order chi connectivity index (χ0) is 14.7. The molecule has 0 unspecified atom stereocenters. The standard InChI is InChI=1S/C14H20N4O2/c1-17(2)12-4-3-10(9-11(12)15)14(20)18-7-5-13(19)16-6-8-18/h3-4,9H,5-8,15H2,1-2H3,(H,16,19). The summed E-state index contributed by atoms with van der Waals surface area (Å²) in [6.07, 6.45) is 0.344. The summed E-state index contributed by atoms with van der Waals surface area (Å²) >= 11 is 0. The number of anilines is 2. The lowest BCUT2D eigenvalue weighted by atomic mass is 10.1. The molecule has 1 aliphatic rings. The molecule has 0 aliphatic carbocycles. The molecule has 1 aromatic carbocycles. The maximum absolute atomic E-state index is 12.4. The fourth-order valence-corrected chi connectivity index (χ4v) is 2.25. The predicted molar refractivity (Wildman–Crippen MR) is 78.7 cm³/mol. The maximum atomic E-state index is 12.4. The van der Waals surface area contributed by atoms with E-state index in [1.165, 1.54) is 0 Å². The molecular weight excluding hydrogens is 256 g/mol. The van der Waals surface area contributed by atoms with E-state index in [9.17, 15) is 9.59 Å². The molecule has 0 aromatic heterocycles. The van der Waals surface area contributed by atoms with Crippen molar-refractivity contribution < 1.29 is 9.59 Å². The van der Waals surface area contributed by atoms with Gasteiger partial charge in [0.25, 0.3) is 5.91 Å². The van der Waals surface area contributed by atoms with Crippen molar-refractivity contribution in [3.63, 3.8) is 0 Å². The Morgan fingerprint density at radius 1 is 1.35 bits per heavy atom. The minimum absolute atomic E-state index is 0.0113. The maximum Gasteiger partial charge on any atom is 0.254 e. The van der Waals surface area contributed by atoms with Crippen molar-refractivity contribution in [3.8, 4) is 0 Å². The van der Waals surface area contributed by atoms with Gasteiger partial charge in [-0.3, -0.25) is 9.59 Å². The summed E-state index contributed by atoms with van der Waals surface area (Å²) in [6, 6.07) is 5.30. The van der Waals surface area contributed by atoms with Crippen molar-refractivity contribution in [3.05, 3.63) is 23.8 Å². The molecule has 2 amide bonds. The Balaban J connectivity index is 2.16. The molecular formula is C14H20N4O2. The second kappa shape index (κ2) is 5.81. The van der Waals surface area contributed by atoms with Gasteiger partial charge >= 0.3 is 0 Å². The first-order chi connectivity index (χ1) is 9.49. The SMILES string of the molecule is CN(C)c1ccc(C(=O)N2CCNC(=O)CC2)cc1N. The molecule has 0 bridgehead atoms. The third-order valence-electron chi connectivity index (χ3n) is 3.36. The van der Waals surface area contributed by atoms with Gasteiger partial charge in [0.05, 0.1) is 11.4 Å². The van der Waals surface area contributed by atoms with Gasteiger partial charge in [0.2, 0.25) is 5.91 Å². The second-order valence-electron chi connectivity index (χ2n) is 5.06. The average molecular weight is 276 g/mol. The third kappa shape index (κ3) is 3.01. The van der Waals surface area contributed by atoms with E-state index in [0.717, 1.165) is 5.69 Å². The number of carbonyl (C=O) groups is 2. The van der Waals surface area contributed by atoms with Crippen LogP contribution < -0.4 is 16.0 Å². The van der Waals surface area contributed by atoms with Gasteiger partial charge in [-0.1, -0.05) is 0 Å². The number of nitrogens with zero attached hydrogens (tertiary/aromatic N) is 2. The number of nitrogens with one attached hydrogen (secondary N) is 1. The van der Waals surface area contributed by atoms with Gasteiger partial charge in [-0.15, -0.1) is 0 Å². The molecule has 1 aliphatic heterocycles. The summed E-state index contributed by atoms with van der Waals surface area (Å²) in [6.45, 7) is 1.47. The van der Waals surface area contributed by atoms with Crippen molar-refractivity contribution in [2.75, 3.05) is 44.4 Å². The van der Waals surface area contributed by atoms with Gasteiger partial charge < -0.3 is 20.9 Å². The van der Waals surface area contributed by atoms with Crippen LogP contribution in [-0.4, -0.2) is 50.4 Å². The molecule has 0 atom stereocenters. The molecule has 108 valence electrons. The van der Waals surface area contributed by atoms with Gasteiger partial charge in [0.15, 0.2) is 0 Å². The summed E-state index contributed by atoms with van der Waals surface area (Å²) in [5.74, 6) is -0.0960. The number of nitrogens with two attached hydrogens (primary N) is 1. The van der Waals surface area contributed by atoms with Crippen LogP contribution in [-0.2, 0) is 4.79 Å². The summed E-state index contributed by atoms with van der Waals surface area (Å²) in [5.41, 5.74) is 7.98. The van der Waals surface area contributed by atoms with Crippen molar-refractivity contribution in [2.24, 2.45) is 0 Å². The predicted octanol–water partition coefficient (Wildman–Crippen LogP) is 0.297. The van der Waals surface area contributed by atoms with Crippen LogP contribution in [0.5, 0.6) is 0 Å². The fraction of sp³-hybridized carbons (Fsp3) is 0.429. The monoisotopic (exact) mass is 276 g/mol.